The Bertz CT molecular complexity index is 580. The van der Waals surface area contributed by atoms with E-state index in [9.17, 15) is 17.6 Å². The predicted molar refractivity (Wildman–Crippen MR) is 66.8 cm³/mol. The average molecular weight is 266 g/mol. The third kappa shape index (κ3) is 3.44. The molecule has 0 radical (unpaired) electrons. The summed E-state index contributed by atoms with van der Waals surface area (Å²) in [4.78, 5) is 0. The van der Waals surface area contributed by atoms with E-state index in [1.807, 2.05) is 0 Å². The van der Waals surface area contributed by atoms with Gasteiger partial charge in [0.25, 0.3) is 0 Å². The van der Waals surface area contributed by atoms with Crippen LogP contribution in [-0.4, -0.2) is 0 Å². The van der Waals surface area contributed by atoms with Gasteiger partial charge in [-0.25, -0.2) is 4.39 Å². The van der Waals surface area contributed by atoms with Crippen LogP contribution in [0.25, 0.3) is 12.2 Å². The fourth-order valence-corrected chi connectivity index (χ4v) is 1.58. The van der Waals surface area contributed by atoms with Crippen LogP contribution in [0.4, 0.5) is 17.6 Å². The summed E-state index contributed by atoms with van der Waals surface area (Å²) in [5.41, 5.74) is 0.272. The molecule has 0 unspecified atom stereocenters. The lowest BCUT2D eigenvalue weighted by Crippen LogP contribution is -2.03. The Morgan fingerprint density at radius 3 is 2.00 bits per heavy atom. The van der Waals surface area contributed by atoms with Crippen LogP contribution in [0.5, 0.6) is 0 Å². The number of rotatable bonds is 2. The minimum Gasteiger partial charge on any atom is -0.206 e. The summed E-state index contributed by atoms with van der Waals surface area (Å²) in [7, 11) is 0. The molecule has 0 amide bonds. The zero-order valence-corrected chi connectivity index (χ0v) is 9.79. The molecule has 4 heteroatoms. The van der Waals surface area contributed by atoms with Gasteiger partial charge in [0.15, 0.2) is 0 Å². The van der Waals surface area contributed by atoms with Crippen molar-refractivity contribution < 1.29 is 17.6 Å². The van der Waals surface area contributed by atoms with Crippen molar-refractivity contribution in [2.75, 3.05) is 0 Å². The Hall–Kier alpha value is -2.10. The first kappa shape index (κ1) is 13.3. The fraction of sp³-hybridized carbons (Fsp3) is 0.0667. The van der Waals surface area contributed by atoms with E-state index in [0.717, 1.165) is 12.1 Å². The van der Waals surface area contributed by atoms with Crippen LogP contribution in [-0.2, 0) is 6.18 Å². The summed E-state index contributed by atoms with van der Waals surface area (Å²) < 4.78 is 50.4. The molecule has 19 heavy (non-hydrogen) atoms. The molecule has 0 aliphatic rings. The molecule has 0 saturated heterocycles. The molecule has 2 aromatic carbocycles. The van der Waals surface area contributed by atoms with Gasteiger partial charge in [0.05, 0.1) is 5.56 Å². The molecule has 0 spiro atoms. The maximum Gasteiger partial charge on any atom is 0.416 e. The van der Waals surface area contributed by atoms with E-state index >= 15 is 0 Å². The van der Waals surface area contributed by atoms with E-state index in [1.54, 1.807) is 24.3 Å². The van der Waals surface area contributed by atoms with Crippen LogP contribution in [0.1, 0.15) is 16.7 Å². The highest BCUT2D eigenvalue weighted by Crippen LogP contribution is 2.29. The summed E-state index contributed by atoms with van der Waals surface area (Å²) in [5, 5.41) is 0. The van der Waals surface area contributed by atoms with Crippen molar-refractivity contribution in [2.24, 2.45) is 0 Å². The van der Waals surface area contributed by atoms with Gasteiger partial charge in [-0.3, -0.25) is 0 Å². The van der Waals surface area contributed by atoms with E-state index < -0.39 is 11.7 Å². The van der Waals surface area contributed by atoms with Gasteiger partial charge in [-0.15, -0.1) is 0 Å². The molecular weight excluding hydrogens is 256 g/mol. The van der Waals surface area contributed by atoms with Crippen LogP contribution in [0.2, 0.25) is 0 Å². The number of alkyl halides is 3. The van der Waals surface area contributed by atoms with E-state index in [4.69, 9.17) is 0 Å². The second-order valence-corrected chi connectivity index (χ2v) is 3.97. The Balaban J connectivity index is 2.19. The predicted octanol–water partition coefficient (Wildman–Crippen LogP) is 5.01. The molecule has 2 aromatic rings. The highest BCUT2D eigenvalue weighted by molar-refractivity contribution is 5.69. The maximum absolute atomic E-state index is 13.3. The minimum atomic E-state index is -4.34. The summed E-state index contributed by atoms with van der Waals surface area (Å²) in [6.07, 6.45) is -1.25. The van der Waals surface area contributed by atoms with Crippen molar-refractivity contribution in [3.8, 4) is 0 Å². The topological polar surface area (TPSA) is 0 Å². The summed E-state index contributed by atoms with van der Waals surface area (Å²) in [5.74, 6) is -0.370. The van der Waals surface area contributed by atoms with E-state index in [0.29, 0.717) is 11.1 Å². The quantitative estimate of drug-likeness (QED) is 0.529. The standard InChI is InChI=1S/C15H10F4/c16-14-4-2-1-3-12(14)8-5-11-6-9-13(10-7-11)15(17,18)19/h1-10H/b8-5+. The summed E-state index contributed by atoms with van der Waals surface area (Å²) >= 11 is 0. The highest BCUT2D eigenvalue weighted by atomic mass is 19.4. The van der Waals surface area contributed by atoms with Crippen LogP contribution < -0.4 is 0 Å². The molecule has 0 aliphatic heterocycles. The van der Waals surface area contributed by atoms with Crippen molar-refractivity contribution in [1.29, 1.82) is 0 Å². The molecule has 0 bridgehead atoms. The molecule has 2 rings (SSSR count). The van der Waals surface area contributed by atoms with Crippen molar-refractivity contribution >= 4 is 12.2 Å². The summed E-state index contributed by atoms with van der Waals surface area (Å²) in [6, 6.07) is 10.9. The lowest BCUT2D eigenvalue weighted by Gasteiger charge is -2.05. The van der Waals surface area contributed by atoms with Crippen LogP contribution in [0.15, 0.2) is 48.5 Å². The molecule has 0 N–H and O–H groups in total. The van der Waals surface area contributed by atoms with Crippen LogP contribution in [0, 0.1) is 5.82 Å². The van der Waals surface area contributed by atoms with E-state index in [1.165, 1.54) is 24.3 Å². The van der Waals surface area contributed by atoms with Gasteiger partial charge in [0, 0.05) is 5.56 Å². The molecule has 0 fully saturated rings. The third-order valence-electron chi connectivity index (χ3n) is 2.60. The number of hydrogen-bond donors (Lipinski definition) is 0. The van der Waals surface area contributed by atoms with E-state index in [-0.39, 0.29) is 5.82 Å². The monoisotopic (exact) mass is 266 g/mol. The lowest BCUT2D eigenvalue weighted by atomic mass is 10.1. The second kappa shape index (κ2) is 5.26. The fourth-order valence-electron chi connectivity index (χ4n) is 1.58. The Morgan fingerprint density at radius 1 is 0.789 bits per heavy atom. The van der Waals surface area contributed by atoms with Crippen molar-refractivity contribution in [1.82, 2.24) is 0 Å². The largest absolute Gasteiger partial charge is 0.416 e. The normalized spacial score (nSPS) is 12.0. The molecular formula is C15H10F4. The lowest BCUT2D eigenvalue weighted by molar-refractivity contribution is -0.137. The molecule has 0 heterocycles. The first-order chi connectivity index (χ1) is 8.97. The Labute approximate surface area is 108 Å². The zero-order valence-electron chi connectivity index (χ0n) is 9.79. The summed E-state index contributed by atoms with van der Waals surface area (Å²) in [6.45, 7) is 0. The van der Waals surface area contributed by atoms with Gasteiger partial charge in [0.2, 0.25) is 0 Å². The molecule has 0 atom stereocenters. The molecule has 0 nitrogen and oxygen atoms in total. The van der Waals surface area contributed by atoms with Gasteiger partial charge >= 0.3 is 6.18 Å². The number of halogens is 4. The highest BCUT2D eigenvalue weighted by Gasteiger charge is 2.29. The van der Waals surface area contributed by atoms with Crippen molar-refractivity contribution in [2.45, 2.75) is 6.18 Å². The molecule has 0 aromatic heterocycles. The first-order valence-electron chi connectivity index (χ1n) is 5.57. The van der Waals surface area contributed by atoms with Crippen LogP contribution >= 0.6 is 0 Å². The van der Waals surface area contributed by atoms with E-state index in [2.05, 4.69) is 0 Å². The molecule has 98 valence electrons. The zero-order chi connectivity index (χ0) is 13.9. The Kier molecular flexibility index (Phi) is 3.69. The minimum absolute atomic E-state index is 0.370. The Morgan fingerprint density at radius 2 is 1.42 bits per heavy atom. The van der Waals surface area contributed by atoms with Crippen LogP contribution in [0.3, 0.4) is 0 Å². The van der Waals surface area contributed by atoms with Gasteiger partial charge in [-0.2, -0.15) is 13.2 Å². The average Bonchev–Trinajstić information content (AvgIpc) is 2.37. The second-order valence-electron chi connectivity index (χ2n) is 3.97. The SMILES string of the molecule is Fc1ccccc1/C=C/c1ccc(C(F)(F)F)cc1. The van der Waals surface area contributed by atoms with Crippen molar-refractivity contribution in [3.63, 3.8) is 0 Å². The first-order valence-corrected chi connectivity index (χ1v) is 5.57. The van der Waals surface area contributed by atoms with Gasteiger partial charge in [0.1, 0.15) is 5.82 Å². The van der Waals surface area contributed by atoms with Gasteiger partial charge in [-0.1, -0.05) is 42.5 Å². The van der Waals surface area contributed by atoms with Crippen molar-refractivity contribution in [3.05, 3.63) is 71.0 Å². The third-order valence-corrected chi connectivity index (χ3v) is 2.60. The molecule has 0 aliphatic carbocycles. The maximum atomic E-state index is 13.3. The molecule has 0 saturated carbocycles. The van der Waals surface area contributed by atoms with Gasteiger partial charge < -0.3 is 0 Å². The number of hydrogen-bond acceptors (Lipinski definition) is 0. The number of benzene rings is 2. The smallest absolute Gasteiger partial charge is 0.206 e. The van der Waals surface area contributed by atoms with Gasteiger partial charge in [-0.05, 0) is 23.8 Å².